The van der Waals surface area contributed by atoms with Gasteiger partial charge in [0.1, 0.15) is 18.7 Å². The van der Waals surface area contributed by atoms with Crippen molar-refractivity contribution in [2.45, 2.75) is 57.8 Å². The fraction of sp³-hybridized carbons (Fsp3) is 0.406. The second kappa shape index (κ2) is 13.2. The molecule has 3 N–H and O–H groups in total. The molecule has 43 heavy (non-hydrogen) atoms. The molecule has 11 nitrogen and oxygen atoms in total. The predicted octanol–water partition coefficient (Wildman–Crippen LogP) is 1.88. The highest BCUT2D eigenvalue weighted by Gasteiger charge is 2.56. The molecule has 2 aromatic rings. The van der Waals surface area contributed by atoms with E-state index in [0.717, 1.165) is 0 Å². The van der Waals surface area contributed by atoms with E-state index in [2.05, 4.69) is 5.32 Å². The molecule has 2 heterocycles. The Kier molecular flexibility index (Phi) is 9.65. The van der Waals surface area contributed by atoms with Crippen LogP contribution in [0.2, 0.25) is 0 Å². The lowest BCUT2D eigenvalue weighted by Crippen LogP contribution is -2.74. The molecule has 0 bridgehead atoms. The molecule has 0 aromatic heterocycles. The molecule has 4 rings (SSSR count). The minimum atomic E-state index is -2.01. The van der Waals surface area contributed by atoms with Gasteiger partial charge in [-0.1, -0.05) is 74.5 Å². The molecular formula is C32H39N5O6. The lowest BCUT2D eigenvalue weighted by Gasteiger charge is -2.50. The van der Waals surface area contributed by atoms with Gasteiger partial charge in [0.15, 0.2) is 0 Å². The quantitative estimate of drug-likeness (QED) is 0.433. The van der Waals surface area contributed by atoms with Crippen molar-refractivity contribution < 1.29 is 28.7 Å². The number of amides is 5. The number of methoxy groups -OCH3 is 1. The SMILES string of the molecule is COCC(=O)N1C=C(c2ccccc2)N([C@](Cc2ccccc2)(NC(C)=O)C(=O)N2CCC[C@H]2C(N)=O)C(=O)C1C(C)C. The van der Waals surface area contributed by atoms with Gasteiger partial charge in [0.25, 0.3) is 17.7 Å². The highest BCUT2D eigenvalue weighted by molar-refractivity contribution is 6.04. The van der Waals surface area contributed by atoms with E-state index in [1.54, 1.807) is 68.6 Å². The molecule has 3 atom stereocenters. The number of rotatable bonds is 10. The van der Waals surface area contributed by atoms with Crippen LogP contribution in [-0.4, -0.2) is 82.2 Å². The molecule has 5 amide bonds. The second-order valence-electron chi connectivity index (χ2n) is 11.2. The third kappa shape index (κ3) is 6.31. The minimum Gasteiger partial charge on any atom is -0.375 e. The lowest BCUT2D eigenvalue weighted by atomic mass is 9.89. The Morgan fingerprint density at radius 3 is 2.23 bits per heavy atom. The summed E-state index contributed by atoms with van der Waals surface area (Å²) < 4.78 is 5.12. The zero-order chi connectivity index (χ0) is 31.3. The van der Waals surface area contributed by atoms with Gasteiger partial charge in [0.05, 0.1) is 5.70 Å². The number of ether oxygens (including phenoxy) is 1. The van der Waals surface area contributed by atoms with Crippen LogP contribution in [0.5, 0.6) is 0 Å². The summed E-state index contributed by atoms with van der Waals surface area (Å²) in [6.07, 6.45) is 2.34. The Morgan fingerprint density at radius 1 is 1.05 bits per heavy atom. The van der Waals surface area contributed by atoms with E-state index >= 15 is 0 Å². The van der Waals surface area contributed by atoms with Crippen LogP contribution >= 0.6 is 0 Å². The van der Waals surface area contributed by atoms with Gasteiger partial charge < -0.3 is 25.6 Å². The van der Waals surface area contributed by atoms with E-state index in [-0.39, 0.29) is 31.2 Å². The standard InChI is InChI=1S/C32H39N5O6/c1-21(2)28-30(41)37(26(24-14-9-6-10-15-24)19-36(28)27(39)20-43-4)32(34-22(3)38,18-23-12-7-5-8-13-23)31(42)35-17-11-16-25(35)29(33)40/h5-10,12-15,19,21,25,28H,11,16-18,20H2,1-4H3,(H2,33,40)(H,34,38)/t25-,28?,32-/m0/s1. The highest BCUT2D eigenvalue weighted by atomic mass is 16.5. The van der Waals surface area contributed by atoms with E-state index in [1.165, 1.54) is 28.7 Å². The van der Waals surface area contributed by atoms with Gasteiger partial charge in [-0.15, -0.1) is 0 Å². The third-order valence-corrected chi connectivity index (χ3v) is 7.80. The first kappa shape index (κ1) is 31.4. The number of nitrogens with two attached hydrogens (primary N) is 1. The molecule has 1 fully saturated rings. The normalized spacial score (nSPS) is 20.1. The monoisotopic (exact) mass is 589 g/mol. The molecule has 2 aliphatic heterocycles. The van der Waals surface area contributed by atoms with Crippen LogP contribution < -0.4 is 11.1 Å². The molecule has 2 aliphatic rings. The van der Waals surface area contributed by atoms with Crippen molar-refractivity contribution in [1.29, 1.82) is 0 Å². The van der Waals surface area contributed by atoms with E-state index < -0.39 is 47.3 Å². The Balaban J connectivity index is 2.05. The van der Waals surface area contributed by atoms with Gasteiger partial charge in [-0.2, -0.15) is 0 Å². The van der Waals surface area contributed by atoms with Crippen molar-refractivity contribution >= 4 is 35.2 Å². The number of carbonyl (C=O) groups excluding carboxylic acids is 5. The van der Waals surface area contributed by atoms with Crippen molar-refractivity contribution in [3.8, 4) is 0 Å². The number of likely N-dealkylation sites (tertiary alicyclic amines) is 1. The number of nitrogens with one attached hydrogen (secondary N) is 1. The number of hydrogen-bond donors (Lipinski definition) is 2. The van der Waals surface area contributed by atoms with Crippen LogP contribution in [0.25, 0.3) is 5.70 Å². The van der Waals surface area contributed by atoms with Gasteiger partial charge >= 0.3 is 0 Å². The number of hydrogen-bond acceptors (Lipinski definition) is 6. The van der Waals surface area contributed by atoms with Crippen LogP contribution in [0.1, 0.15) is 44.7 Å². The number of primary amides is 1. The molecule has 1 saturated heterocycles. The third-order valence-electron chi connectivity index (χ3n) is 7.80. The average molecular weight is 590 g/mol. The zero-order valence-corrected chi connectivity index (χ0v) is 25.0. The van der Waals surface area contributed by atoms with E-state index in [1.807, 2.05) is 12.1 Å². The fourth-order valence-corrected chi connectivity index (χ4v) is 6.01. The van der Waals surface area contributed by atoms with Crippen molar-refractivity contribution in [2.24, 2.45) is 11.7 Å². The summed E-state index contributed by atoms with van der Waals surface area (Å²) in [5.41, 5.74) is 5.15. The molecular weight excluding hydrogens is 550 g/mol. The maximum Gasteiger partial charge on any atom is 0.270 e. The van der Waals surface area contributed by atoms with Gasteiger partial charge in [0.2, 0.25) is 17.5 Å². The molecule has 0 aliphatic carbocycles. The van der Waals surface area contributed by atoms with Crippen molar-refractivity contribution in [3.05, 3.63) is 78.0 Å². The van der Waals surface area contributed by atoms with Crippen LogP contribution in [0.15, 0.2) is 66.9 Å². The summed E-state index contributed by atoms with van der Waals surface area (Å²) in [5.74, 6) is -3.23. The number of benzene rings is 2. The average Bonchev–Trinajstić information content (AvgIpc) is 3.47. The highest BCUT2D eigenvalue weighted by Crippen LogP contribution is 2.38. The van der Waals surface area contributed by atoms with Crippen molar-refractivity contribution in [3.63, 3.8) is 0 Å². The predicted molar refractivity (Wildman–Crippen MR) is 159 cm³/mol. The number of carbonyl (C=O) groups is 5. The summed E-state index contributed by atoms with van der Waals surface area (Å²) in [6.45, 7) is 4.84. The molecule has 1 unspecified atom stereocenters. The molecule has 0 spiro atoms. The molecule has 228 valence electrons. The first-order valence-electron chi connectivity index (χ1n) is 14.4. The largest absolute Gasteiger partial charge is 0.375 e. The van der Waals surface area contributed by atoms with E-state index in [0.29, 0.717) is 24.0 Å². The van der Waals surface area contributed by atoms with Crippen molar-refractivity contribution in [1.82, 2.24) is 20.0 Å². The Hall–Kier alpha value is -4.51. The molecule has 2 aromatic carbocycles. The molecule has 0 radical (unpaired) electrons. The van der Waals surface area contributed by atoms with Gasteiger partial charge in [-0.25, -0.2) is 0 Å². The smallest absolute Gasteiger partial charge is 0.270 e. The van der Waals surface area contributed by atoms with Crippen LogP contribution in [0, 0.1) is 5.92 Å². The van der Waals surface area contributed by atoms with E-state index in [4.69, 9.17) is 10.5 Å². The van der Waals surface area contributed by atoms with Crippen LogP contribution in [0.4, 0.5) is 0 Å². The summed E-state index contributed by atoms with van der Waals surface area (Å²) in [7, 11) is 1.40. The zero-order valence-electron chi connectivity index (χ0n) is 25.0. The molecule has 11 heteroatoms. The Labute approximate surface area is 251 Å². The van der Waals surface area contributed by atoms with Gasteiger partial charge in [0, 0.05) is 33.2 Å². The summed E-state index contributed by atoms with van der Waals surface area (Å²) in [5, 5.41) is 2.86. The minimum absolute atomic E-state index is 0.110. The Morgan fingerprint density at radius 2 is 1.67 bits per heavy atom. The fourth-order valence-electron chi connectivity index (χ4n) is 6.01. The summed E-state index contributed by atoms with van der Waals surface area (Å²) in [4.78, 5) is 72.6. The maximum atomic E-state index is 14.9. The Bertz CT molecular complexity index is 1400. The maximum absolute atomic E-state index is 14.9. The first-order chi connectivity index (χ1) is 20.5. The van der Waals surface area contributed by atoms with Gasteiger partial charge in [-0.3, -0.25) is 28.9 Å². The summed E-state index contributed by atoms with van der Waals surface area (Å²) >= 11 is 0. The second-order valence-corrected chi connectivity index (χ2v) is 11.2. The van der Waals surface area contributed by atoms with Crippen LogP contribution in [0.3, 0.4) is 0 Å². The number of nitrogens with zero attached hydrogens (tertiary/aromatic N) is 3. The van der Waals surface area contributed by atoms with Crippen LogP contribution in [-0.2, 0) is 35.1 Å². The van der Waals surface area contributed by atoms with Gasteiger partial charge in [-0.05, 0) is 29.9 Å². The first-order valence-corrected chi connectivity index (χ1v) is 14.4. The molecule has 0 saturated carbocycles. The summed E-state index contributed by atoms with van der Waals surface area (Å²) in [6, 6.07) is 16.0. The van der Waals surface area contributed by atoms with Crippen molar-refractivity contribution in [2.75, 3.05) is 20.3 Å². The lowest BCUT2D eigenvalue weighted by molar-refractivity contribution is -0.161. The topological polar surface area (TPSA) is 142 Å². The van der Waals surface area contributed by atoms with E-state index in [9.17, 15) is 24.0 Å².